The van der Waals surface area contributed by atoms with Crippen molar-refractivity contribution >= 4 is 62.4 Å². The number of nitrogens with zero attached hydrogens (tertiary/aromatic N) is 3. The van der Waals surface area contributed by atoms with Crippen LogP contribution in [0.1, 0.15) is 27.8 Å². The van der Waals surface area contributed by atoms with E-state index in [4.69, 9.17) is 16.3 Å². The maximum absolute atomic E-state index is 13.0. The number of halogens is 2. The highest BCUT2D eigenvalue weighted by Crippen LogP contribution is 2.38. The van der Waals surface area contributed by atoms with Gasteiger partial charge in [-0.15, -0.1) is 0 Å². The van der Waals surface area contributed by atoms with Crippen LogP contribution in [-0.2, 0) is 29.2 Å². The zero-order valence-corrected chi connectivity index (χ0v) is 23.7. The molecule has 0 spiro atoms. The van der Waals surface area contributed by atoms with Crippen LogP contribution in [0.4, 0.5) is 4.79 Å². The molecule has 39 heavy (non-hydrogen) atoms. The molecule has 0 saturated carbocycles. The Morgan fingerprint density at radius 2 is 1.87 bits per heavy atom. The molecule has 0 N–H and O–H groups in total. The molecule has 10 heteroatoms. The Morgan fingerprint density at radius 3 is 2.64 bits per heavy atom. The van der Waals surface area contributed by atoms with Crippen LogP contribution in [0.5, 0.6) is 5.75 Å². The molecule has 1 fully saturated rings. The fraction of sp³-hybridized carbons (Fsp3) is 0.172. The molecule has 3 amide bonds. The first-order chi connectivity index (χ1) is 18.8. The van der Waals surface area contributed by atoms with Crippen LogP contribution >= 0.6 is 39.3 Å². The minimum absolute atomic E-state index is 0.150. The Hall–Kier alpha value is -3.58. The summed E-state index contributed by atoms with van der Waals surface area (Å²) in [4.78, 5) is 41.5. The lowest BCUT2D eigenvalue weighted by molar-refractivity contribution is -0.136. The van der Waals surface area contributed by atoms with E-state index >= 15 is 0 Å². The van der Waals surface area contributed by atoms with Gasteiger partial charge in [-0.05, 0) is 75.1 Å². The summed E-state index contributed by atoms with van der Waals surface area (Å²) >= 11 is 10.7. The number of imide groups is 1. The topological polar surface area (TPSA) is 90.7 Å². The molecular formula is C29H21BrClN3O4S. The van der Waals surface area contributed by atoms with Gasteiger partial charge in [0.15, 0.2) is 5.75 Å². The summed E-state index contributed by atoms with van der Waals surface area (Å²) < 4.78 is 6.42. The first-order valence-corrected chi connectivity index (χ1v) is 14.0. The van der Waals surface area contributed by atoms with Crippen LogP contribution < -0.4 is 4.74 Å². The number of carbonyl (C=O) groups excluding carboxylic acids is 3. The van der Waals surface area contributed by atoms with Gasteiger partial charge in [0, 0.05) is 18.7 Å². The minimum Gasteiger partial charge on any atom is -0.486 e. The number of fused-ring (bicyclic) bond motifs is 1. The minimum atomic E-state index is -0.517. The molecule has 196 valence electrons. The fourth-order valence-corrected chi connectivity index (χ4v) is 6.26. The van der Waals surface area contributed by atoms with Crippen molar-refractivity contribution < 1.29 is 19.1 Å². The van der Waals surface area contributed by atoms with E-state index in [9.17, 15) is 19.6 Å². The molecule has 7 nitrogen and oxygen atoms in total. The fourth-order valence-electron chi connectivity index (χ4n) is 4.44. The molecular weight excluding hydrogens is 602 g/mol. The number of hydrogen-bond donors (Lipinski definition) is 0. The molecule has 1 saturated heterocycles. The highest BCUT2D eigenvalue weighted by atomic mass is 79.9. The molecule has 0 aromatic heterocycles. The third-order valence-corrected chi connectivity index (χ3v) is 8.26. The van der Waals surface area contributed by atoms with Crippen LogP contribution in [0.15, 0.2) is 70.0 Å². The largest absolute Gasteiger partial charge is 0.486 e. The second-order valence-electron chi connectivity index (χ2n) is 8.97. The normalized spacial score (nSPS) is 15.9. The average molecular weight is 623 g/mol. The van der Waals surface area contributed by atoms with Crippen LogP contribution in [0.3, 0.4) is 0 Å². The number of rotatable bonds is 6. The van der Waals surface area contributed by atoms with E-state index in [1.807, 2.05) is 24.3 Å². The van der Waals surface area contributed by atoms with Gasteiger partial charge in [-0.3, -0.25) is 19.3 Å². The van der Waals surface area contributed by atoms with E-state index < -0.39 is 11.1 Å². The Labute approximate surface area is 243 Å². The zero-order chi connectivity index (χ0) is 27.5. The van der Waals surface area contributed by atoms with Crippen LogP contribution in [0.2, 0.25) is 5.02 Å². The van der Waals surface area contributed by atoms with E-state index in [-0.39, 0.29) is 24.0 Å². The van der Waals surface area contributed by atoms with Crippen molar-refractivity contribution in [1.82, 2.24) is 9.80 Å². The first-order valence-electron chi connectivity index (χ1n) is 12.0. The summed E-state index contributed by atoms with van der Waals surface area (Å²) in [6.45, 7) is 0.859. The molecule has 0 radical (unpaired) electrons. The smallest absolute Gasteiger partial charge is 0.294 e. The highest BCUT2D eigenvalue weighted by Gasteiger charge is 2.37. The number of benzene rings is 3. The molecule has 5 rings (SSSR count). The van der Waals surface area contributed by atoms with Crippen molar-refractivity contribution in [2.24, 2.45) is 0 Å². The van der Waals surface area contributed by atoms with Crippen LogP contribution in [-0.4, -0.2) is 39.9 Å². The van der Waals surface area contributed by atoms with E-state index in [0.717, 1.165) is 34.2 Å². The number of carbonyl (C=O) groups is 3. The molecule has 3 aromatic carbocycles. The third-order valence-electron chi connectivity index (χ3n) is 6.48. The van der Waals surface area contributed by atoms with Crippen molar-refractivity contribution in [3.8, 4) is 11.8 Å². The molecule has 0 atom stereocenters. The third kappa shape index (κ3) is 5.88. The summed E-state index contributed by atoms with van der Waals surface area (Å²) in [5.41, 5.74) is 4.12. The first kappa shape index (κ1) is 27.0. The predicted octanol–water partition coefficient (Wildman–Crippen LogP) is 6.17. The monoisotopic (exact) mass is 621 g/mol. The summed E-state index contributed by atoms with van der Waals surface area (Å²) in [6.07, 6.45) is 2.31. The molecule has 2 heterocycles. The van der Waals surface area contributed by atoms with Gasteiger partial charge in [-0.25, -0.2) is 0 Å². The quantitative estimate of drug-likeness (QED) is 0.305. The Kier molecular flexibility index (Phi) is 8.07. The molecule has 2 aliphatic rings. The molecule has 0 bridgehead atoms. The molecule has 2 aliphatic heterocycles. The lowest BCUT2D eigenvalue weighted by Gasteiger charge is -2.29. The van der Waals surface area contributed by atoms with Gasteiger partial charge < -0.3 is 9.64 Å². The SMILES string of the molecule is N#Cc1ccccc1COc1c(Cl)cc(/C=C2\SC(=O)N(CC(=O)N3CCc4ccccc4C3)C2=O)cc1Br. The van der Waals surface area contributed by atoms with Gasteiger partial charge >= 0.3 is 0 Å². The van der Waals surface area contributed by atoms with E-state index in [1.165, 1.54) is 5.56 Å². The molecule has 0 unspecified atom stereocenters. The Morgan fingerprint density at radius 1 is 1.13 bits per heavy atom. The van der Waals surface area contributed by atoms with Crippen molar-refractivity contribution in [2.45, 2.75) is 19.6 Å². The van der Waals surface area contributed by atoms with Crippen molar-refractivity contribution in [1.29, 1.82) is 5.26 Å². The summed E-state index contributed by atoms with van der Waals surface area (Å²) in [7, 11) is 0. The standard InChI is InChI=1S/C29H21BrClN3O4S/c30-23-11-18(12-24(31)27(23)38-17-22-8-4-2-6-20(22)14-32)13-25-28(36)34(29(37)39-25)16-26(35)33-10-9-19-5-1-3-7-21(19)15-33/h1-8,11-13H,9-10,15-17H2/b25-13-. The molecule has 3 aromatic rings. The highest BCUT2D eigenvalue weighted by molar-refractivity contribution is 9.10. The van der Waals surface area contributed by atoms with Crippen LogP contribution in [0, 0.1) is 11.3 Å². The number of hydrogen-bond acceptors (Lipinski definition) is 6. The van der Waals surface area contributed by atoms with Gasteiger partial charge in [-0.2, -0.15) is 5.26 Å². The van der Waals surface area contributed by atoms with Crippen molar-refractivity contribution in [3.63, 3.8) is 0 Å². The molecule has 0 aliphatic carbocycles. The lowest BCUT2D eigenvalue weighted by atomic mass is 10.00. The van der Waals surface area contributed by atoms with E-state index in [0.29, 0.717) is 39.5 Å². The summed E-state index contributed by atoms with van der Waals surface area (Å²) in [5.74, 6) is -0.391. The van der Waals surface area contributed by atoms with Gasteiger partial charge in [0.25, 0.3) is 11.1 Å². The average Bonchev–Trinajstić information content (AvgIpc) is 3.19. The zero-order valence-electron chi connectivity index (χ0n) is 20.5. The number of thioether (sulfide) groups is 1. The number of nitriles is 1. The van der Waals surface area contributed by atoms with E-state index in [2.05, 4.69) is 28.1 Å². The van der Waals surface area contributed by atoms with Crippen molar-refractivity contribution in [3.05, 3.63) is 103 Å². The van der Waals surface area contributed by atoms with Crippen molar-refractivity contribution in [2.75, 3.05) is 13.1 Å². The number of amides is 3. The lowest BCUT2D eigenvalue weighted by Crippen LogP contribution is -2.44. The van der Waals surface area contributed by atoms with Gasteiger partial charge in [-0.1, -0.05) is 54.1 Å². The number of ether oxygens (including phenoxy) is 1. The van der Waals surface area contributed by atoms with Crippen LogP contribution in [0.25, 0.3) is 6.08 Å². The maximum Gasteiger partial charge on any atom is 0.294 e. The second kappa shape index (κ2) is 11.7. The Balaban J connectivity index is 1.26. The maximum atomic E-state index is 13.0. The van der Waals surface area contributed by atoms with Gasteiger partial charge in [0.2, 0.25) is 5.91 Å². The summed E-state index contributed by atoms with van der Waals surface area (Å²) in [6, 6.07) is 20.6. The second-order valence-corrected chi connectivity index (χ2v) is 11.2. The van der Waals surface area contributed by atoms with E-state index in [1.54, 1.807) is 41.3 Å². The van der Waals surface area contributed by atoms with Gasteiger partial charge in [0.05, 0.1) is 26.0 Å². The summed E-state index contributed by atoms with van der Waals surface area (Å²) in [5, 5.41) is 9.09. The Bertz CT molecular complexity index is 1550. The van der Waals surface area contributed by atoms with Gasteiger partial charge in [0.1, 0.15) is 13.2 Å². The predicted molar refractivity (Wildman–Crippen MR) is 153 cm³/mol.